The second-order valence-corrected chi connectivity index (χ2v) is 3.11. The fraction of sp³-hybridized carbons (Fsp3) is 0.429. The van der Waals surface area contributed by atoms with Crippen molar-refractivity contribution in [1.29, 1.82) is 0 Å². The van der Waals surface area contributed by atoms with Gasteiger partial charge in [0.15, 0.2) is 0 Å². The van der Waals surface area contributed by atoms with Gasteiger partial charge in [0.1, 0.15) is 5.44 Å². The molecule has 0 spiro atoms. The van der Waals surface area contributed by atoms with Gasteiger partial charge in [-0.1, -0.05) is 17.8 Å². The molecule has 0 radical (unpaired) electrons. The van der Waals surface area contributed by atoms with Crippen molar-refractivity contribution in [3.8, 4) is 0 Å². The lowest BCUT2D eigenvalue weighted by Gasteiger charge is -2.16. The van der Waals surface area contributed by atoms with Crippen LogP contribution in [0.4, 0.5) is 0 Å². The molecule has 0 aromatic heterocycles. The lowest BCUT2D eigenvalue weighted by atomic mass is 10.2. The molecule has 0 saturated heterocycles. The Hall–Kier alpha value is -0.210. The molecule has 0 fully saturated rings. The minimum absolute atomic E-state index is 0.332. The highest BCUT2D eigenvalue weighted by molar-refractivity contribution is 8.03. The summed E-state index contributed by atoms with van der Waals surface area (Å²) < 4.78 is 5.43. The average molecular weight is 140 g/mol. The Labute approximate surface area is 58.8 Å². The Morgan fingerprint density at radius 1 is 1.67 bits per heavy atom. The van der Waals surface area contributed by atoms with Crippen molar-refractivity contribution in [2.45, 2.75) is 11.9 Å². The molecule has 0 amide bonds. The van der Waals surface area contributed by atoms with E-state index in [1.807, 2.05) is 0 Å². The first kappa shape index (κ1) is 5.57. The smallest absolute Gasteiger partial charge is 0.132 e. The molecule has 2 rings (SSSR count). The Morgan fingerprint density at radius 3 is 3.56 bits per heavy atom. The summed E-state index contributed by atoms with van der Waals surface area (Å²) in [6, 6.07) is 0. The fourth-order valence-electron chi connectivity index (χ4n) is 1.05. The van der Waals surface area contributed by atoms with Crippen LogP contribution in [0.15, 0.2) is 23.1 Å². The van der Waals surface area contributed by atoms with E-state index in [-0.39, 0.29) is 0 Å². The van der Waals surface area contributed by atoms with E-state index >= 15 is 0 Å². The van der Waals surface area contributed by atoms with Crippen LogP contribution >= 0.6 is 11.8 Å². The first-order valence-corrected chi connectivity index (χ1v) is 4.05. The average Bonchev–Trinajstić information content (AvgIpc) is 2.33. The lowest BCUT2D eigenvalue weighted by molar-refractivity contribution is 0.131. The molecule has 0 bridgehead atoms. The Morgan fingerprint density at radius 2 is 2.67 bits per heavy atom. The predicted octanol–water partition coefficient (Wildman–Crippen LogP) is 1.92. The minimum atomic E-state index is 0.332. The lowest BCUT2D eigenvalue weighted by Crippen LogP contribution is -2.12. The molecule has 0 saturated carbocycles. The van der Waals surface area contributed by atoms with E-state index < -0.39 is 0 Å². The van der Waals surface area contributed by atoms with Gasteiger partial charge in [-0.2, -0.15) is 0 Å². The molecule has 2 aliphatic heterocycles. The van der Waals surface area contributed by atoms with Gasteiger partial charge in [0.05, 0.1) is 6.61 Å². The monoisotopic (exact) mass is 140 g/mol. The zero-order valence-electron chi connectivity index (χ0n) is 5.04. The van der Waals surface area contributed by atoms with Crippen molar-refractivity contribution in [3.63, 3.8) is 0 Å². The van der Waals surface area contributed by atoms with Gasteiger partial charge in [-0.05, 0) is 23.5 Å². The molecule has 9 heavy (non-hydrogen) atoms. The molecule has 0 aliphatic carbocycles. The van der Waals surface area contributed by atoms with E-state index in [0.29, 0.717) is 5.44 Å². The summed E-state index contributed by atoms with van der Waals surface area (Å²) in [6.45, 7) is 0.892. The van der Waals surface area contributed by atoms with Gasteiger partial charge in [-0.15, -0.1) is 0 Å². The number of hydrogen-bond acceptors (Lipinski definition) is 2. The second-order valence-electron chi connectivity index (χ2n) is 2.13. The molecule has 1 atom stereocenters. The third-order valence-electron chi connectivity index (χ3n) is 1.50. The minimum Gasteiger partial charge on any atom is -0.362 e. The molecule has 0 aromatic carbocycles. The van der Waals surface area contributed by atoms with Crippen LogP contribution in [-0.2, 0) is 4.74 Å². The maximum atomic E-state index is 5.43. The number of hydrogen-bond donors (Lipinski definition) is 0. The van der Waals surface area contributed by atoms with Crippen molar-refractivity contribution < 1.29 is 4.74 Å². The van der Waals surface area contributed by atoms with Crippen molar-refractivity contribution >= 4 is 11.8 Å². The summed E-state index contributed by atoms with van der Waals surface area (Å²) >= 11 is 1.76. The summed E-state index contributed by atoms with van der Waals surface area (Å²) in [5.41, 5.74) is 1.69. The third kappa shape index (κ3) is 0.926. The van der Waals surface area contributed by atoms with Crippen molar-refractivity contribution in [2.24, 2.45) is 0 Å². The Bertz CT molecular complexity index is 172. The zero-order chi connectivity index (χ0) is 6.10. The summed E-state index contributed by atoms with van der Waals surface area (Å²) in [5.74, 6) is 0. The van der Waals surface area contributed by atoms with Crippen LogP contribution in [-0.4, -0.2) is 12.0 Å². The molecule has 2 aliphatic rings. The highest BCUT2D eigenvalue weighted by atomic mass is 32.2. The number of ether oxygens (including phenoxy) is 1. The zero-order valence-corrected chi connectivity index (χ0v) is 5.86. The Balaban J connectivity index is 2.23. The molecule has 1 nitrogen and oxygen atoms in total. The van der Waals surface area contributed by atoms with Gasteiger partial charge in [0, 0.05) is 0 Å². The van der Waals surface area contributed by atoms with Crippen LogP contribution in [0, 0.1) is 0 Å². The first-order chi connectivity index (χ1) is 4.47. The van der Waals surface area contributed by atoms with Crippen LogP contribution in [0.1, 0.15) is 6.42 Å². The van der Waals surface area contributed by atoms with Crippen LogP contribution < -0.4 is 0 Å². The van der Waals surface area contributed by atoms with E-state index in [1.54, 1.807) is 11.8 Å². The van der Waals surface area contributed by atoms with Crippen molar-refractivity contribution in [1.82, 2.24) is 0 Å². The van der Waals surface area contributed by atoms with Gasteiger partial charge in [-0.25, -0.2) is 0 Å². The maximum Gasteiger partial charge on any atom is 0.132 e. The van der Waals surface area contributed by atoms with Crippen molar-refractivity contribution in [2.75, 3.05) is 6.61 Å². The van der Waals surface area contributed by atoms with Crippen molar-refractivity contribution in [3.05, 3.63) is 23.1 Å². The standard InChI is InChI=1S/C7H8OS/c1-2-6-3-5-9-7(6)8-4-1/h2-3,5,7H,1,4H2. The highest BCUT2D eigenvalue weighted by Crippen LogP contribution is 2.32. The fourth-order valence-corrected chi connectivity index (χ4v) is 1.93. The van der Waals surface area contributed by atoms with Gasteiger partial charge in [-0.3, -0.25) is 0 Å². The summed E-state index contributed by atoms with van der Waals surface area (Å²) in [4.78, 5) is 0. The molecular weight excluding hydrogens is 132 g/mol. The summed E-state index contributed by atoms with van der Waals surface area (Å²) in [6.07, 6.45) is 5.47. The van der Waals surface area contributed by atoms with E-state index in [4.69, 9.17) is 4.74 Å². The first-order valence-electron chi connectivity index (χ1n) is 3.10. The molecule has 2 heterocycles. The Kier molecular flexibility index (Phi) is 1.36. The normalized spacial score (nSPS) is 32.0. The van der Waals surface area contributed by atoms with Crippen LogP contribution in [0.25, 0.3) is 0 Å². The molecule has 0 aromatic rings. The van der Waals surface area contributed by atoms with E-state index in [9.17, 15) is 0 Å². The van der Waals surface area contributed by atoms with Crippen LogP contribution in [0.5, 0.6) is 0 Å². The number of thioether (sulfide) groups is 1. The number of fused-ring (bicyclic) bond motifs is 1. The molecular formula is C7H8OS. The van der Waals surface area contributed by atoms with Gasteiger partial charge < -0.3 is 4.74 Å². The number of rotatable bonds is 0. The highest BCUT2D eigenvalue weighted by Gasteiger charge is 2.19. The largest absolute Gasteiger partial charge is 0.362 e. The van der Waals surface area contributed by atoms with Gasteiger partial charge >= 0.3 is 0 Å². The summed E-state index contributed by atoms with van der Waals surface area (Å²) in [7, 11) is 0. The van der Waals surface area contributed by atoms with E-state index in [1.165, 1.54) is 5.57 Å². The molecule has 1 unspecified atom stereocenters. The molecule has 48 valence electrons. The van der Waals surface area contributed by atoms with Crippen LogP contribution in [0.2, 0.25) is 0 Å². The van der Waals surface area contributed by atoms with E-state index in [0.717, 1.165) is 13.0 Å². The SMILES string of the molecule is C1=CC2=CCCOC2S1. The van der Waals surface area contributed by atoms with Gasteiger partial charge in [0.2, 0.25) is 0 Å². The van der Waals surface area contributed by atoms with E-state index in [2.05, 4.69) is 17.6 Å². The third-order valence-corrected chi connectivity index (χ3v) is 2.45. The van der Waals surface area contributed by atoms with Crippen LogP contribution in [0.3, 0.4) is 0 Å². The maximum absolute atomic E-state index is 5.43. The predicted molar refractivity (Wildman–Crippen MR) is 39.2 cm³/mol. The quantitative estimate of drug-likeness (QED) is 0.508. The molecule has 2 heteroatoms. The topological polar surface area (TPSA) is 9.23 Å². The second kappa shape index (κ2) is 2.20. The molecule has 0 N–H and O–H groups in total. The van der Waals surface area contributed by atoms with Gasteiger partial charge in [0.25, 0.3) is 0 Å². The summed E-state index contributed by atoms with van der Waals surface area (Å²) in [5, 5.41) is 2.10.